The van der Waals surface area contributed by atoms with Gasteiger partial charge in [0.05, 0.1) is 12.0 Å². The molecule has 0 aliphatic carbocycles. The summed E-state index contributed by atoms with van der Waals surface area (Å²) in [5, 5.41) is 3.16. The van der Waals surface area contributed by atoms with E-state index < -0.39 is 25.7 Å². The topological polar surface area (TPSA) is 64.6 Å². The highest BCUT2D eigenvalue weighted by Crippen LogP contribution is 2.50. The molecule has 0 radical (unpaired) electrons. The summed E-state index contributed by atoms with van der Waals surface area (Å²) in [6.07, 6.45) is 0.762. The molecule has 1 fully saturated rings. The van der Waals surface area contributed by atoms with Crippen molar-refractivity contribution >= 4 is 36.1 Å². The summed E-state index contributed by atoms with van der Waals surface area (Å²) in [6.45, 7) is 12.3. The first kappa shape index (κ1) is 30.2. The number of benzene rings is 3. The standard InChI is InChI=1S/C32H37BrFNO4Si/c1-21(36)38-29-20-24(33)14-17-26(29)32(23-10-8-7-9-11-23)27(30(37)35-32)18-19-28(22-12-15-25(34)16-13-22)39-40(5,6)31(2,3)4/h7-17,20,27-28H,18-19H2,1-6H3,(H,35,37)/t27-,28-,32-/m0/s1. The Kier molecular flexibility index (Phi) is 8.73. The summed E-state index contributed by atoms with van der Waals surface area (Å²) in [7, 11) is -2.20. The van der Waals surface area contributed by atoms with Gasteiger partial charge in [-0.2, -0.15) is 0 Å². The summed E-state index contributed by atoms with van der Waals surface area (Å²) in [5.41, 5.74) is 1.61. The van der Waals surface area contributed by atoms with Crippen LogP contribution in [-0.2, 0) is 19.6 Å². The van der Waals surface area contributed by atoms with Crippen LogP contribution in [0.15, 0.2) is 77.3 Å². The second-order valence-corrected chi connectivity index (χ2v) is 17.6. The second kappa shape index (κ2) is 11.6. The normalized spacial score (nSPS) is 19.9. The molecular formula is C32H37BrFNO4Si. The van der Waals surface area contributed by atoms with Gasteiger partial charge in [0.25, 0.3) is 0 Å². The van der Waals surface area contributed by atoms with Gasteiger partial charge in [0.1, 0.15) is 17.1 Å². The Hall–Kier alpha value is -2.81. The maximum Gasteiger partial charge on any atom is 0.308 e. The summed E-state index contributed by atoms with van der Waals surface area (Å²) in [6, 6.07) is 21.7. The van der Waals surface area contributed by atoms with E-state index in [-0.39, 0.29) is 22.9 Å². The van der Waals surface area contributed by atoms with E-state index in [1.807, 2.05) is 42.5 Å². The fourth-order valence-electron chi connectivity index (χ4n) is 5.10. The molecule has 3 aromatic carbocycles. The van der Waals surface area contributed by atoms with E-state index >= 15 is 0 Å². The molecule has 4 rings (SSSR count). The number of amides is 1. The van der Waals surface area contributed by atoms with Gasteiger partial charge in [-0.15, -0.1) is 0 Å². The van der Waals surface area contributed by atoms with Crippen LogP contribution in [0.3, 0.4) is 0 Å². The molecule has 40 heavy (non-hydrogen) atoms. The van der Waals surface area contributed by atoms with Crippen LogP contribution in [0.4, 0.5) is 4.39 Å². The Morgan fingerprint density at radius 2 is 1.73 bits per heavy atom. The molecule has 0 bridgehead atoms. The molecule has 1 saturated heterocycles. The fraction of sp³-hybridized carbons (Fsp3) is 0.375. The number of esters is 1. The zero-order valence-corrected chi connectivity index (χ0v) is 26.5. The summed E-state index contributed by atoms with van der Waals surface area (Å²) < 4.78 is 27.1. The predicted octanol–water partition coefficient (Wildman–Crippen LogP) is 8.05. The first-order valence-corrected chi connectivity index (χ1v) is 17.2. The highest BCUT2D eigenvalue weighted by Gasteiger charge is 2.56. The third-order valence-electron chi connectivity index (χ3n) is 8.21. The molecule has 0 aromatic heterocycles. The molecule has 1 N–H and O–H groups in total. The zero-order valence-electron chi connectivity index (χ0n) is 23.9. The van der Waals surface area contributed by atoms with Gasteiger partial charge in [-0.25, -0.2) is 4.39 Å². The van der Waals surface area contributed by atoms with Crippen LogP contribution in [0.2, 0.25) is 18.1 Å². The van der Waals surface area contributed by atoms with Crippen molar-refractivity contribution in [1.82, 2.24) is 5.32 Å². The van der Waals surface area contributed by atoms with E-state index in [0.717, 1.165) is 15.6 Å². The van der Waals surface area contributed by atoms with Gasteiger partial charge in [-0.3, -0.25) is 9.59 Å². The summed E-state index contributed by atoms with van der Waals surface area (Å²) >= 11 is 3.48. The minimum absolute atomic E-state index is 0.0245. The Morgan fingerprint density at radius 1 is 1.07 bits per heavy atom. The van der Waals surface area contributed by atoms with E-state index in [1.165, 1.54) is 19.1 Å². The van der Waals surface area contributed by atoms with E-state index in [0.29, 0.717) is 24.2 Å². The lowest BCUT2D eigenvalue weighted by molar-refractivity contribution is -0.140. The second-order valence-electron chi connectivity index (χ2n) is 11.9. The third-order valence-corrected chi connectivity index (χ3v) is 13.2. The SMILES string of the molecule is CC(=O)Oc1cc(Br)ccc1[C@]1(c2ccccc2)NC(=O)[C@@H]1CC[C@H](O[Si](C)(C)C(C)(C)C)c1ccc(F)cc1. The molecule has 1 heterocycles. The van der Waals surface area contributed by atoms with Crippen molar-refractivity contribution in [3.8, 4) is 5.75 Å². The van der Waals surface area contributed by atoms with Gasteiger partial charge in [-0.1, -0.05) is 85.2 Å². The lowest BCUT2D eigenvalue weighted by Gasteiger charge is -2.51. The Labute approximate surface area is 245 Å². The molecule has 3 aromatic rings. The van der Waals surface area contributed by atoms with Gasteiger partial charge in [-0.05, 0) is 66.4 Å². The van der Waals surface area contributed by atoms with Crippen molar-refractivity contribution in [3.05, 3.63) is 99.8 Å². The highest BCUT2D eigenvalue weighted by molar-refractivity contribution is 9.10. The van der Waals surface area contributed by atoms with Crippen molar-refractivity contribution in [2.75, 3.05) is 0 Å². The number of β-lactam (4-membered cyclic amide) rings is 1. The monoisotopic (exact) mass is 625 g/mol. The quantitative estimate of drug-likeness (QED) is 0.113. The van der Waals surface area contributed by atoms with Crippen LogP contribution >= 0.6 is 15.9 Å². The smallest absolute Gasteiger partial charge is 0.308 e. The molecule has 0 unspecified atom stereocenters. The van der Waals surface area contributed by atoms with Gasteiger partial charge in [0.2, 0.25) is 5.91 Å². The highest BCUT2D eigenvalue weighted by atomic mass is 79.9. The number of halogens is 2. The van der Waals surface area contributed by atoms with E-state index in [2.05, 4.69) is 55.1 Å². The van der Waals surface area contributed by atoms with Crippen LogP contribution in [0.5, 0.6) is 5.75 Å². The number of nitrogens with one attached hydrogen (secondary N) is 1. The van der Waals surface area contributed by atoms with Crippen molar-refractivity contribution in [3.63, 3.8) is 0 Å². The van der Waals surface area contributed by atoms with Crippen LogP contribution in [-0.4, -0.2) is 20.2 Å². The lowest BCUT2D eigenvalue weighted by Crippen LogP contribution is -2.67. The van der Waals surface area contributed by atoms with Gasteiger partial charge < -0.3 is 14.5 Å². The number of hydrogen-bond donors (Lipinski definition) is 1. The molecule has 1 amide bonds. The van der Waals surface area contributed by atoms with E-state index in [9.17, 15) is 14.0 Å². The number of ether oxygens (including phenoxy) is 1. The maximum atomic E-state index is 13.8. The van der Waals surface area contributed by atoms with Crippen molar-refractivity contribution < 1.29 is 23.1 Å². The predicted molar refractivity (Wildman–Crippen MR) is 161 cm³/mol. The first-order chi connectivity index (χ1) is 18.7. The van der Waals surface area contributed by atoms with Crippen molar-refractivity contribution in [1.29, 1.82) is 0 Å². The van der Waals surface area contributed by atoms with Crippen molar-refractivity contribution in [2.24, 2.45) is 5.92 Å². The lowest BCUT2D eigenvalue weighted by atomic mass is 9.64. The number of carbonyl (C=O) groups excluding carboxylic acids is 2. The minimum atomic E-state index is -2.20. The van der Waals surface area contributed by atoms with E-state index in [4.69, 9.17) is 9.16 Å². The van der Waals surface area contributed by atoms with Gasteiger partial charge >= 0.3 is 5.97 Å². The Balaban J connectivity index is 1.75. The summed E-state index contributed by atoms with van der Waals surface area (Å²) in [4.78, 5) is 25.4. The number of carbonyl (C=O) groups is 2. The van der Waals surface area contributed by atoms with Crippen LogP contribution in [0.1, 0.15) is 63.3 Å². The van der Waals surface area contributed by atoms with Crippen molar-refractivity contribution in [2.45, 2.75) is 70.3 Å². The first-order valence-electron chi connectivity index (χ1n) is 13.5. The molecule has 3 atom stereocenters. The van der Waals surface area contributed by atoms with Crippen LogP contribution in [0, 0.1) is 11.7 Å². The average molecular weight is 627 g/mol. The molecule has 0 spiro atoms. The molecule has 5 nitrogen and oxygen atoms in total. The fourth-order valence-corrected chi connectivity index (χ4v) is 6.76. The Bertz CT molecular complexity index is 1370. The molecule has 1 aliphatic heterocycles. The number of rotatable bonds is 9. The molecule has 212 valence electrons. The maximum absolute atomic E-state index is 13.8. The third kappa shape index (κ3) is 6.09. The molecule has 8 heteroatoms. The largest absolute Gasteiger partial charge is 0.426 e. The van der Waals surface area contributed by atoms with Gasteiger partial charge in [0, 0.05) is 17.0 Å². The van der Waals surface area contributed by atoms with Gasteiger partial charge in [0.15, 0.2) is 8.32 Å². The minimum Gasteiger partial charge on any atom is -0.426 e. The average Bonchev–Trinajstić information content (AvgIpc) is 2.87. The zero-order chi connectivity index (χ0) is 29.3. The number of hydrogen-bond acceptors (Lipinski definition) is 4. The summed E-state index contributed by atoms with van der Waals surface area (Å²) in [5.74, 6) is -0.876. The Morgan fingerprint density at radius 3 is 2.30 bits per heavy atom. The van der Waals surface area contributed by atoms with Crippen LogP contribution in [0.25, 0.3) is 0 Å². The van der Waals surface area contributed by atoms with E-state index in [1.54, 1.807) is 18.2 Å². The molecule has 1 aliphatic rings. The molecular weight excluding hydrogens is 589 g/mol. The van der Waals surface area contributed by atoms with Crippen LogP contribution < -0.4 is 10.1 Å². The molecule has 0 saturated carbocycles.